The minimum Gasteiger partial charge on any atom is -0.339 e. The van der Waals surface area contributed by atoms with Gasteiger partial charge in [-0.15, -0.1) is 0 Å². The Balaban J connectivity index is 1.63. The molecule has 1 saturated heterocycles. The number of rotatable bonds is 3. The lowest BCUT2D eigenvalue weighted by Gasteiger charge is -2.30. The molecule has 0 saturated carbocycles. The first-order valence-electron chi connectivity index (χ1n) is 9.41. The third-order valence-electron chi connectivity index (χ3n) is 5.19. The molecule has 1 aliphatic rings. The molecule has 2 aromatic carbocycles. The average Bonchev–Trinajstić information content (AvgIpc) is 3.19. The molecule has 138 valence electrons. The molecule has 2 heterocycles. The molecule has 5 heteroatoms. The van der Waals surface area contributed by atoms with Crippen LogP contribution in [0.1, 0.15) is 35.7 Å². The van der Waals surface area contributed by atoms with Crippen molar-refractivity contribution in [1.82, 2.24) is 15.0 Å². The summed E-state index contributed by atoms with van der Waals surface area (Å²) in [6.07, 6.45) is 2.10. The molecule has 0 unspecified atom stereocenters. The van der Waals surface area contributed by atoms with Gasteiger partial charge in [0.25, 0.3) is 11.8 Å². The van der Waals surface area contributed by atoms with Crippen LogP contribution < -0.4 is 0 Å². The maximum absolute atomic E-state index is 13.1. The van der Waals surface area contributed by atoms with Crippen molar-refractivity contribution < 1.29 is 9.32 Å². The first kappa shape index (κ1) is 17.5. The highest BCUT2D eigenvalue weighted by Gasteiger charge is 2.25. The highest BCUT2D eigenvalue weighted by Crippen LogP contribution is 2.27. The van der Waals surface area contributed by atoms with Gasteiger partial charge >= 0.3 is 0 Å². The van der Waals surface area contributed by atoms with Crippen LogP contribution in [0.3, 0.4) is 0 Å². The molecule has 0 radical (unpaired) electrons. The Bertz CT molecular complexity index is 938. The van der Waals surface area contributed by atoms with Crippen molar-refractivity contribution >= 4 is 5.91 Å². The largest absolute Gasteiger partial charge is 0.339 e. The van der Waals surface area contributed by atoms with Crippen LogP contribution in [0.15, 0.2) is 53.1 Å². The Hall–Kier alpha value is -2.95. The van der Waals surface area contributed by atoms with Crippen LogP contribution in [-0.2, 0) is 0 Å². The Labute approximate surface area is 159 Å². The van der Waals surface area contributed by atoms with Crippen molar-refractivity contribution in [3.05, 3.63) is 59.7 Å². The average molecular weight is 361 g/mol. The van der Waals surface area contributed by atoms with E-state index in [1.165, 1.54) is 5.56 Å². The monoisotopic (exact) mass is 361 g/mol. The minimum absolute atomic E-state index is 0.0348. The fourth-order valence-electron chi connectivity index (χ4n) is 3.39. The SMILES string of the molecule is Cc1ccc(-c2noc(-c3ccccc3C(=O)N3CCC(C)CC3)n2)cc1. The van der Waals surface area contributed by atoms with Gasteiger partial charge in [-0.3, -0.25) is 4.79 Å². The third-order valence-corrected chi connectivity index (χ3v) is 5.19. The van der Waals surface area contributed by atoms with Gasteiger partial charge in [-0.1, -0.05) is 54.0 Å². The van der Waals surface area contributed by atoms with Crippen molar-refractivity contribution in [3.8, 4) is 22.8 Å². The summed E-state index contributed by atoms with van der Waals surface area (Å²) in [7, 11) is 0. The van der Waals surface area contributed by atoms with Crippen LogP contribution in [0.25, 0.3) is 22.8 Å². The Morgan fingerprint density at radius 3 is 2.52 bits per heavy atom. The molecule has 0 bridgehead atoms. The molecule has 1 aliphatic heterocycles. The van der Waals surface area contributed by atoms with Crippen molar-refractivity contribution in [2.75, 3.05) is 13.1 Å². The summed E-state index contributed by atoms with van der Waals surface area (Å²) in [6.45, 7) is 5.87. The summed E-state index contributed by atoms with van der Waals surface area (Å²) in [5, 5.41) is 4.10. The molecule has 0 spiro atoms. The molecule has 0 aliphatic carbocycles. The number of carbonyl (C=O) groups excluding carboxylic acids is 1. The van der Waals surface area contributed by atoms with E-state index >= 15 is 0 Å². The lowest BCUT2D eigenvalue weighted by Crippen LogP contribution is -2.38. The van der Waals surface area contributed by atoms with E-state index in [0.717, 1.165) is 31.5 Å². The number of aromatic nitrogens is 2. The Morgan fingerprint density at radius 1 is 1.07 bits per heavy atom. The number of nitrogens with zero attached hydrogens (tertiary/aromatic N) is 3. The molecular weight excluding hydrogens is 338 g/mol. The van der Waals surface area contributed by atoms with Gasteiger partial charge in [0.05, 0.1) is 11.1 Å². The number of hydrogen-bond donors (Lipinski definition) is 0. The molecule has 27 heavy (non-hydrogen) atoms. The zero-order valence-electron chi connectivity index (χ0n) is 15.7. The lowest BCUT2D eigenvalue weighted by molar-refractivity contribution is 0.0697. The van der Waals surface area contributed by atoms with Gasteiger partial charge in [-0.2, -0.15) is 4.98 Å². The van der Waals surface area contributed by atoms with E-state index in [0.29, 0.717) is 28.8 Å². The van der Waals surface area contributed by atoms with Crippen LogP contribution in [0.4, 0.5) is 0 Å². The summed E-state index contributed by atoms with van der Waals surface area (Å²) >= 11 is 0. The van der Waals surface area contributed by atoms with E-state index in [9.17, 15) is 4.79 Å². The van der Waals surface area contributed by atoms with Gasteiger partial charge in [0, 0.05) is 18.7 Å². The lowest BCUT2D eigenvalue weighted by atomic mass is 9.98. The molecule has 4 rings (SSSR count). The number of piperidine rings is 1. The second-order valence-corrected chi connectivity index (χ2v) is 7.31. The molecule has 1 aromatic heterocycles. The van der Waals surface area contributed by atoms with E-state index in [4.69, 9.17) is 4.52 Å². The molecule has 1 fully saturated rings. The molecular formula is C22H23N3O2. The van der Waals surface area contributed by atoms with E-state index < -0.39 is 0 Å². The highest BCUT2D eigenvalue weighted by molar-refractivity contribution is 6.00. The van der Waals surface area contributed by atoms with Crippen LogP contribution in [0.5, 0.6) is 0 Å². The second kappa shape index (κ2) is 7.35. The minimum atomic E-state index is 0.0348. The summed E-state index contributed by atoms with van der Waals surface area (Å²) < 4.78 is 5.50. The van der Waals surface area contributed by atoms with Crippen molar-refractivity contribution in [2.24, 2.45) is 5.92 Å². The smallest absolute Gasteiger partial charge is 0.259 e. The molecule has 0 atom stereocenters. The van der Waals surface area contributed by atoms with E-state index in [-0.39, 0.29) is 5.91 Å². The van der Waals surface area contributed by atoms with E-state index in [2.05, 4.69) is 17.1 Å². The first-order valence-corrected chi connectivity index (χ1v) is 9.41. The van der Waals surface area contributed by atoms with Gasteiger partial charge in [-0.25, -0.2) is 0 Å². The standard InChI is InChI=1S/C22H23N3O2/c1-15-7-9-17(10-8-15)20-23-21(27-24-20)18-5-3-4-6-19(18)22(26)25-13-11-16(2)12-14-25/h3-10,16H,11-14H2,1-2H3. The van der Waals surface area contributed by atoms with Crippen LogP contribution in [0, 0.1) is 12.8 Å². The normalized spacial score (nSPS) is 15.1. The predicted octanol–water partition coefficient (Wildman–Crippen LogP) is 4.58. The number of benzene rings is 2. The summed E-state index contributed by atoms with van der Waals surface area (Å²) in [5.41, 5.74) is 3.37. The number of amides is 1. The van der Waals surface area contributed by atoms with Crippen molar-refractivity contribution in [3.63, 3.8) is 0 Å². The Kier molecular flexibility index (Phi) is 4.75. The van der Waals surface area contributed by atoms with Crippen LogP contribution in [-0.4, -0.2) is 34.0 Å². The van der Waals surface area contributed by atoms with Crippen molar-refractivity contribution in [2.45, 2.75) is 26.7 Å². The van der Waals surface area contributed by atoms with Gasteiger partial charge in [0.1, 0.15) is 0 Å². The third kappa shape index (κ3) is 3.63. The quantitative estimate of drug-likeness (QED) is 0.685. The molecule has 1 amide bonds. The number of aryl methyl sites for hydroxylation is 1. The highest BCUT2D eigenvalue weighted by atomic mass is 16.5. The van der Waals surface area contributed by atoms with Crippen molar-refractivity contribution in [1.29, 1.82) is 0 Å². The predicted molar refractivity (Wildman–Crippen MR) is 104 cm³/mol. The molecule has 5 nitrogen and oxygen atoms in total. The summed E-state index contributed by atoms with van der Waals surface area (Å²) in [6, 6.07) is 15.4. The van der Waals surface area contributed by atoms with Gasteiger partial charge < -0.3 is 9.42 Å². The zero-order chi connectivity index (χ0) is 18.8. The first-order chi connectivity index (χ1) is 13.1. The maximum Gasteiger partial charge on any atom is 0.259 e. The van der Waals surface area contributed by atoms with E-state index in [1.54, 1.807) is 0 Å². The topological polar surface area (TPSA) is 59.2 Å². The van der Waals surface area contributed by atoms with Crippen LogP contribution >= 0.6 is 0 Å². The zero-order valence-corrected chi connectivity index (χ0v) is 15.7. The number of carbonyl (C=O) groups is 1. The fourth-order valence-corrected chi connectivity index (χ4v) is 3.39. The number of hydrogen-bond acceptors (Lipinski definition) is 4. The van der Waals surface area contributed by atoms with Gasteiger partial charge in [-0.05, 0) is 37.8 Å². The van der Waals surface area contributed by atoms with Gasteiger partial charge in [0.2, 0.25) is 5.82 Å². The van der Waals surface area contributed by atoms with E-state index in [1.807, 2.05) is 60.4 Å². The molecule has 3 aromatic rings. The summed E-state index contributed by atoms with van der Waals surface area (Å²) in [5.74, 6) is 1.61. The number of likely N-dealkylation sites (tertiary alicyclic amines) is 1. The molecule has 0 N–H and O–H groups in total. The van der Waals surface area contributed by atoms with Gasteiger partial charge in [0.15, 0.2) is 0 Å². The fraction of sp³-hybridized carbons (Fsp3) is 0.318. The Morgan fingerprint density at radius 2 is 1.78 bits per heavy atom. The second-order valence-electron chi connectivity index (χ2n) is 7.31. The van der Waals surface area contributed by atoms with Crippen LogP contribution in [0.2, 0.25) is 0 Å². The maximum atomic E-state index is 13.1. The summed E-state index contributed by atoms with van der Waals surface area (Å²) in [4.78, 5) is 19.5.